The molecule has 0 saturated carbocycles. The number of hydrogen-bond acceptors (Lipinski definition) is 3. The molecule has 0 aliphatic heterocycles. The summed E-state index contributed by atoms with van der Waals surface area (Å²) in [7, 11) is 1.61. The first-order valence-electron chi connectivity index (χ1n) is 6.73. The number of fused-ring (bicyclic) bond motifs is 1. The van der Waals surface area contributed by atoms with Gasteiger partial charge in [0.1, 0.15) is 0 Å². The molecule has 1 amide bonds. The summed E-state index contributed by atoms with van der Waals surface area (Å²) < 4.78 is 5.08. The van der Waals surface area contributed by atoms with Crippen LogP contribution < -0.4 is 11.1 Å². The largest absolute Gasteiger partial charge is 0.380 e. The third-order valence-electron chi connectivity index (χ3n) is 3.42. The van der Waals surface area contributed by atoms with E-state index in [1.165, 1.54) is 0 Å². The molecule has 2 atom stereocenters. The predicted molar refractivity (Wildman–Crippen MR) is 79.5 cm³/mol. The number of hydrogen-bond donors (Lipinski definition) is 3. The van der Waals surface area contributed by atoms with Crippen molar-refractivity contribution in [3.05, 3.63) is 36.0 Å². The van der Waals surface area contributed by atoms with Gasteiger partial charge >= 0.3 is 0 Å². The van der Waals surface area contributed by atoms with Crippen LogP contribution in [0.25, 0.3) is 10.9 Å². The van der Waals surface area contributed by atoms with Crippen molar-refractivity contribution in [1.29, 1.82) is 0 Å². The number of benzene rings is 1. The summed E-state index contributed by atoms with van der Waals surface area (Å²) >= 11 is 0. The molecule has 0 radical (unpaired) electrons. The van der Waals surface area contributed by atoms with Crippen molar-refractivity contribution < 1.29 is 9.53 Å². The normalized spacial score (nSPS) is 14.2. The maximum absolute atomic E-state index is 11.9. The second-order valence-corrected chi connectivity index (χ2v) is 4.96. The van der Waals surface area contributed by atoms with Crippen LogP contribution in [0.1, 0.15) is 12.5 Å². The first-order chi connectivity index (χ1) is 9.61. The zero-order valence-electron chi connectivity index (χ0n) is 11.8. The Morgan fingerprint density at radius 1 is 1.45 bits per heavy atom. The summed E-state index contributed by atoms with van der Waals surface area (Å²) in [6, 6.07) is 7.43. The molecule has 0 spiro atoms. The number of aromatic nitrogens is 1. The summed E-state index contributed by atoms with van der Waals surface area (Å²) in [4.78, 5) is 15.1. The maximum atomic E-state index is 11.9. The van der Waals surface area contributed by atoms with Crippen molar-refractivity contribution in [2.45, 2.75) is 25.5 Å². The van der Waals surface area contributed by atoms with E-state index >= 15 is 0 Å². The lowest BCUT2D eigenvalue weighted by atomic mass is 10.1. The van der Waals surface area contributed by atoms with E-state index in [-0.39, 0.29) is 12.0 Å². The minimum Gasteiger partial charge on any atom is -0.380 e. The zero-order chi connectivity index (χ0) is 14.5. The molecule has 0 aliphatic rings. The summed E-state index contributed by atoms with van der Waals surface area (Å²) in [5.41, 5.74) is 8.08. The number of carbonyl (C=O) groups is 1. The SMILES string of the molecule is COC(C)CNC(=O)[C@@H](N)Cc1c[nH]c2ccccc12. The van der Waals surface area contributed by atoms with Gasteiger partial charge in [-0.15, -0.1) is 0 Å². The Labute approximate surface area is 118 Å². The number of ether oxygens (including phenoxy) is 1. The van der Waals surface area contributed by atoms with E-state index in [1.807, 2.05) is 37.4 Å². The fraction of sp³-hybridized carbons (Fsp3) is 0.400. The average Bonchev–Trinajstić information content (AvgIpc) is 2.87. The lowest BCUT2D eigenvalue weighted by molar-refractivity contribution is -0.122. The van der Waals surface area contributed by atoms with Gasteiger partial charge in [-0.3, -0.25) is 4.79 Å². The smallest absolute Gasteiger partial charge is 0.237 e. The van der Waals surface area contributed by atoms with Gasteiger partial charge in [-0.05, 0) is 25.0 Å². The molecular weight excluding hydrogens is 254 g/mol. The van der Waals surface area contributed by atoms with Gasteiger partial charge in [0.25, 0.3) is 0 Å². The van der Waals surface area contributed by atoms with Crippen molar-refractivity contribution in [2.24, 2.45) is 5.73 Å². The van der Waals surface area contributed by atoms with Crippen molar-refractivity contribution in [3.63, 3.8) is 0 Å². The van der Waals surface area contributed by atoms with Gasteiger partial charge in [-0.1, -0.05) is 18.2 Å². The van der Waals surface area contributed by atoms with E-state index in [9.17, 15) is 4.79 Å². The number of nitrogens with one attached hydrogen (secondary N) is 2. The third kappa shape index (κ3) is 3.37. The van der Waals surface area contributed by atoms with Crippen LogP contribution in [0.2, 0.25) is 0 Å². The molecule has 1 aromatic heterocycles. The Bertz CT molecular complexity index is 579. The Morgan fingerprint density at radius 3 is 2.95 bits per heavy atom. The quantitative estimate of drug-likeness (QED) is 0.741. The monoisotopic (exact) mass is 275 g/mol. The van der Waals surface area contributed by atoms with Crippen LogP contribution in [0.4, 0.5) is 0 Å². The lowest BCUT2D eigenvalue weighted by Gasteiger charge is -2.14. The molecule has 1 heterocycles. The van der Waals surface area contributed by atoms with Crippen molar-refractivity contribution in [3.8, 4) is 0 Å². The van der Waals surface area contributed by atoms with Crippen molar-refractivity contribution in [1.82, 2.24) is 10.3 Å². The Morgan fingerprint density at radius 2 is 2.20 bits per heavy atom. The number of para-hydroxylation sites is 1. The first-order valence-corrected chi connectivity index (χ1v) is 6.73. The zero-order valence-corrected chi connectivity index (χ0v) is 11.8. The van der Waals surface area contributed by atoms with Crippen LogP contribution in [-0.2, 0) is 16.0 Å². The number of carbonyl (C=O) groups excluding carboxylic acids is 1. The highest BCUT2D eigenvalue weighted by Gasteiger charge is 2.16. The van der Waals surface area contributed by atoms with E-state index in [2.05, 4.69) is 10.3 Å². The van der Waals surface area contributed by atoms with Crippen LogP contribution in [0.3, 0.4) is 0 Å². The van der Waals surface area contributed by atoms with E-state index in [0.717, 1.165) is 16.5 Å². The molecule has 5 nitrogen and oxygen atoms in total. The van der Waals surface area contributed by atoms with Gasteiger partial charge in [-0.2, -0.15) is 0 Å². The van der Waals surface area contributed by atoms with Crippen LogP contribution in [0.5, 0.6) is 0 Å². The maximum Gasteiger partial charge on any atom is 0.237 e. The Balaban J connectivity index is 1.97. The van der Waals surface area contributed by atoms with Gasteiger partial charge in [0.15, 0.2) is 0 Å². The molecule has 0 fully saturated rings. The van der Waals surface area contributed by atoms with E-state index in [4.69, 9.17) is 10.5 Å². The standard InChI is InChI=1S/C15H21N3O2/c1-10(20-2)8-18-15(19)13(16)7-11-9-17-14-6-4-3-5-12(11)14/h3-6,9-10,13,17H,7-8,16H2,1-2H3,(H,18,19)/t10?,13-/m0/s1. The first kappa shape index (κ1) is 14.6. The Kier molecular flexibility index (Phi) is 4.76. The molecule has 4 N–H and O–H groups in total. The third-order valence-corrected chi connectivity index (χ3v) is 3.42. The summed E-state index contributed by atoms with van der Waals surface area (Å²) in [5, 5.41) is 3.91. The second-order valence-electron chi connectivity index (χ2n) is 4.96. The fourth-order valence-corrected chi connectivity index (χ4v) is 2.09. The lowest BCUT2D eigenvalue weighted by Crippen LogP contribution is -2.44. The molecule has 0 bridgehead atoms. The van der Waals surface area contributed by atoms with Gasteiger partial charge < -0.3 is 20.8 Å². The number of rotatable bonds is 6. The highest BCUT2D eigenvalue weighted by atomic mass is 16.5. The van der Waals surface area contributed by atoms with Gasteiger partial charge in [0, 0.05) is 30.8 Å². The van der Waals surface area contributed by atoms with E-state index in [0.29, 0.717) is 13.0 Å². The van der Waals surface area contributed by atoms with Crippen molar-refractivity contribution >= 4 is 16.8 Å². The molecular formula is C15H21N3O2. The molecule has 20 heavy (non-hydrogen) atoms. The van der Waals surface area contributed by atoms with Crippen LogP contribution >= 0.6 is 0 Å². The number of nitrogens with two attached hydrogens (primary N) is 1. The Hall–Kier alpha value is -1.85. The number of H-pyrrole nitrogens is 1. The molecule has 5 heteroatoms. The predicted octanol–water partition coefficient (Wildman–Crippen LogP) is 1.19. The molecule has 2 aromatic rings. The topological polar surface area (TPSA) is 80.1 Å². The summed E-state index contributed by atoms with van der Waals surface area (Å²) in [6.07, 6.45) is 2.41. The van der Waals surface area contributed by atoms with Crippen LogP contribution in [0.15, 0.2) is 30.5 Å². The highest BCUT2D eigenvalue weighted by molar-refractivity contribution is 5.86. The molecule has 0 aliphatic carbocycles. The minimum atomic E-state index is -0.557. The summed E-state index contributed by atoms with van der Waals surface area (Å²) in [6.45, 7) is 2.36. The molecule has 108 valence electrons. The van der Waals surface area contributed by atoms with Crippen LogP contribution in [-0.4, -0.2) is 36.7 Å². The molecule has 2 rings (SSSR count). The van der Waals surface area contributed by atoms with E-state index in [1.54, 1.807) is 7.11 Å². The van der Waals surface area contributed by atoms with Gasteiger partial charge in [0.05, 0.1) is 12.1 Å². The van der Waals surface area contributed by atoms with Gasteiger partial charge in [-0.25, -0.2) is 0 Å². The number of amides is 1. The van der Waals surface area contributed by atoms with Crippen LogP contribution in [0, 0.1) is 0 Å². The molecule has 1 aromatic carbocycles. The minimum absolute atomic E-state index is 0.0146. The summed E-state index contributed by atoms with van der Waals surface area (Å²) in [5.74, 6) is -0.154. The second kappa shape index (κ2) is 6.54. The fourth-order valence-electron chi connectivity index (χ4n) is 2.09. The molecule has 1 unspecified atom stereocenters. The number of aromatic amines is 1. The van der Waals surface area contributed by atoms with E-state index < -0.39 is 6.04 Å². The van der Waals surface area contributed by atoms with Crippen molar-refractivity contribution in [2.75, 3.05) is 13.7 Å². The van der Waals surface area contributed by atoms with Gasteiger partial charge in [0.2, 0.25) is 5.91 Å². The molecule has 0 saturated heterocycles. The highest BCUT2D eigenvalue weighted by Crippen LogP contribution is 2.18. The average molecular weight is 275 g/mol. The number of methoxy groups -OCH3 is 1.